The first kappa shape index (κ1) is 12.4. The number of H-pyrrole nitrogens is 1. The average molecular weight is 342 g/mol. The number of nitrogens with one attached hydrogen (secondary N) is 1. The molecule has 0 saturated heterocycles. The van der Waals surface area contributed by atoms with Crippen molar-refractivity contribution < 1.29 is 0 Å². The Morgan fingerprint density at radius 1 is 1.50 bits per heavy atom. The second kappa shape index (κ2) is 4.83. The summed E-state index contributed by atoms with van der Waals surface area (Å²) in [6.07, 6.45) is 3.21. The van der Waals surface area contributed by atoms with Crippen molar-refractivity contribution in [3.63, 3.8) is 0 Å². The highest BCUT2D eigenvalue weighted by Crippen LogP contribution is 2.42. The standard InChI is InChI=1S/C12H12BrN3S2/c1-6-5-18-9(14-6)4-8-15-11(7-2-3-7)10(13)12(17)16-8/h5,7H,2-4H2,1H3,(H,15,16,17). The van der Waals surface area contributed by atoms with Crippen LogP contribution < -0.4 is 0 Å². The minimum absolute atomic E-state index is 0.626. The summed E-state index contributed by atoms with van der Waals surface area (Å²) < 4.78 is 1.61. The number of rotatable bonds is 3. The SMILES string of the molecule is Cc1csc(Cc2nc(=S)c(Br)c(C3CC3)[nH]2)n1. The van der Waals surface area contributed by atoms with Crippen molar-refractivity contribution in [1.82, 2.24) is 15.0 Å². The lowest BCUT2D eigenvalue weighted by atomic mass is 10.2. The molecule has 0 amide bonds. The molecule has 1 N–H and O–H groups in total. The third kappa shape index (κ3) is 2.55. The van der Waals surface area contributed by atoms with E-state index in [9.17, 15) is 0 Å². The fourth-order valence-corrected chi connectivity index (χ4v) is 3.40. The maximum atomic E-state index is 5.30. The van der Waals surface area contributed by atoms with Crippen molar-refractivity contribution in [2.75, 3.05) is 0 Å². The third-order valence-electron chi connectivity index (χ3n) is 2.91. The van der Waals surface area contributed by atoms with Gasteiger partial charge in [-0.25, -0.2) is 9.97 Å². The van der Waals surface area contributed by atoms with Crippen LogP contribution in [0, 0.1) is 11.6 Å². The van der Waals surface area contributed by atoms with Crippen molar-refractivity contribution in [1.29, 1.82) is 0 Å². The summed E-state index contributed by atoms with van der Waals surface area (Å²) in [4.78, 5) is 12.3. The van der Waals surface area contributed by atoms with Gasteiger partial charge < -0.3 is 4.98 Å². The van der Waals surface area contributed by atoms with Gasteiger partial charge in [0.15, 0.2) is 0 Å². The van der Waals surface area contributed by atoms with Gasteiger partial charge in [-0.1, -0.05) is 12.2 Å². The molecule has 3 nitrogen and oxygen atoms in total. The predicted molar refractivity (Wildman–Crippen MR) is 78.8 cm³/mol. The molecular weight excluding hydrogens is 330 g/mol. The zero-order valence-electron chi connectivity index (χ0n) is 9.86. The van der Waals surface area contributed by atoms with E-state index in [0.29, 0.717) is 10.6 Å². The Labute approximate surface area is 123 Å². The summed E-state index contributed by atoms with van der Waals surface area (Å²) in [5.41, 5.74) is 2.27. The highest BCUT2D eigenvalue weighted by molar-refractivity contribution is 9.10. The van der Waals surface area contributed by atoms with Crippen LogP contribution in [-0.2, 0) is 6.42 Å². The van der Waals surface area contributed by atoms with Crippen molar-refractivity contribution in [3.8, 4) is 0 Å². The number of halogens is 1. The van der Waals surface area contributed by atoms with Crippen LogP contribution in [0.4, 0.5) is 0 Å². The van der Waals surface area contributed by atoms with E-state index in [1.807, 2.05) is 6.92 Å². The van der Waals surface area contributed by atoms with Crippen LogP contribution in [0.2, 0.25) is 0 Å². The van der Waals surface area contributed by atoms with Gasteiger partial charge in [0.05, 0.1) is 10.9 Å². The van der Waals surface area contributed by atoms with Crippen LogP contribution in [0.15, 0.2) is 9.85 Å². The minimum Gasteiger partial charge on any atom is -0.345 e. The van der Waals surface area contributed by atoms with E-state index in [4.69, 9.17) is 12.2 Å². The molecule has 2 heterocycles. The lowest BCUT2D eigenvalue weighted by Crippen LogP contribution is -2.01. The fourth-order valence-electron chi connectivity index (χ4n) is 1.89. The average Bonchev–Trinajstić information content (AvgIpc) is 3.08. The summed E-state index contributed by atoms with van der Waals surface area (Å²) in [7, 11) is 0. The van der Waals surface area contributed by atoms with Crippen molar-refractivity contribution in [2.45, 2.75) is 32.1 Å². The van der Waals surface area contributed by atoms with E-state index in [-0.39, 0.29) is 0 Å². The molecule has 2 aromatic rings. The largest absolute Gasteiger partial charge is 0.345 e. The fraction of sp³-hybridized carbons (Fsp3) is 0.417. The number of nitrogens with zero attached hydrogens (tertiary/aromatic N) is 2. The van der Waals surface area contributed by atoms with Gasteiger partial charge in [-0.15, -0.1) is 11.3 Å². The van der Waals surface area contributed by atoms with E-state index in [1.54, 1.807) is 11.3 Å². The lowest BCUT2D eigenvalue weighted by Gasteiger charge is -2.06. The molecule has 6 heteroatoms. The van der Waals surface area contributed by atoms with Gasteiger partial charge in [-0.05, 0) is 35.7 Å². The first-order chi connectivity index (χ1) is 8.63. The van der Waals surface area contributed by atoms with Gasteiger partial charge in [0.25, 0.3) is 0 Å². The number of thiazole rings is 1. The molecule has 1 aliphatic rings. The molecule has 0 unspecified atom stereocenters. The smallest absolute Gasteiger partial charge is 0.144 e. The Morgan fingerprint density at radius 3 is 2.89 bits per heavy atom. The molecule has 1 aliphatic carbocycles. The van der Waals surface area contributed by atoms with Crippen LogP contribution in [-0.4, -0.2) is 15.0 Å². The maximum Gasteiger partial charge on any atom is 0.144 e. The highest BCUT2D eigenvalue weighted by atomic mass is 79.9. The Kier molecular flexibility index (Phi) is 3.34. The number of aromatic amines is 1. The molecule has 18 heavy (non-hydrogen) atoms. The van der Waals surface area contributed by atoms with E-state index >= 15 is 0 Å². The van der Waals surface area contributed by atoms with Crippen molar-refractivity contribution in [3.05, 3.63) is 36.7 Å². The van der Waals surface area contributed by atoms with Gasteiger partial charge in [-0.3, -0.25) is 0 Å². The van der Waals surface area contributed by atoms with Crippen LogP contribution in [0.5, 0.6) is 0 Å². The van der Waals surface area contributed by atoms with Crippen molar-refractivity contribution in [2.24, 2.45) is 0 Å². The maximum absolute atomic E-state index is 5.30. The molecule has 0 bridgehead atoms. The van der Waals surface area contributed by atoms with Crippen molar-refractivity contribution >= 4 is 39.5 Å². The second-order valence-corrected chi connectivity index (χ2v) is 6.67. The first-order valence-electron chi connectivity index (χ1n) is 5.83. The van der Waals surface area contributed by atoms with E-state index < -0.39 is 0 Å². The monoisotopic (exact) mass is 341 g/mol. The Bertz CT molecular complexity index is 643. The molecule has 2 aromatic heterocycles. The topological polar surface area (TPSA) is 41.6 Å². The zero-order chi connectivity index (χ0) is 12.7. The Morgan fingerprint density at radius 2 is 2.28 bits per heavy atom. The molecule has 0 aromatic carbocycles. The summed E-state index contributed by atoms with van der Waals surface area (Å²) in [5.74, 6) is 1.54. The molecule has 0 aliphatic heterocycles. The molecule has 3 rings (SSSR count). The van der Waals surface area contributed by atoms with Crippen LogP contribution in [0.1, 0.15) is 41.0 Å². The molecule has 94 valence electrons. The number of hydrogen-bond acceptors (Lipinski definition) is 4. The van der Waals surface area contributed by atoms with E-state index in [0.717, 1.165) is 27.4 Å². The normalized spacial score (nSPS) is 15.0. The summed E-state index contributed by atoms with van der Waals surface area (Å²) in [6, 6.07) is 0. The van der Waals surface area contributed by atoms with E-state index in [2.05, 4.69) is 36.3 Å². The molecule has 0 atom stereocenters. The quantitative estimate of drug-likeness (QED) is 0.853. The number of aromatic nitrogens is 3. The number of hydrogen-bond donors (Lipinski definition) is 1. The van der Waals surface area contributed by atoms with Gasteiger partial charge in [0.2, 0.25) is 0 Å². The Balaban J connectivity index is 1.94. The summed E-state index contributed by atoms with van der Waals surface area (Å²) in [5, 5.41) is 3.14. The third-order valence-corrected chi connectivity index (χ3v) is 5.24. The zero-order valence-corrected chi connectivity index (χ0v) is 13.1. The predicted octanol–water partition coefficient (Wildman–Crippen LogP) is 4.13. The van der Waals surface area contributed by atoms with Gasteiger partial charge in [0, 0.05) is 22.7 Å². The molecular formula is C12H12BrN3S2. The molecule has 0 spiro atoms. The summed E-state index contributed by atoms with van der Waals surface area (Å²) >= 11 is 10.5. The molecule has 0 radical (unpaired) electrons. The molecule has 1 fully saturated rings. The molecule has 1 saturated carbocycles. The van der Waals surface area contributed by atoms with Crippen LogP contribution in [0.3, 0.4) is 0 Å². The van der Waals surface area contributed by atoms with Gasteiger partial charge >= 0.3 is 0 Å². The lowest BCUT2D eigenvalue weighted by molar-refractivity contribution is 0.877. The first-order valence-corrected chi connectivity index (χ1v) is 7.91. The highest BCUT2D eigenvalue weighted by Gasteiger charge is 2.27. The van der Waals surface area contributed by atoms with Crippen LogP contribution in [0.25, 0.3) is 0 Å². The van der Waals surface area contributed by atoms with Gasteiger partial charge in [-0.2, -0.15) is 0 Å². The van der Waals surface area contributed by atoms with E-state index in [1.165, 1.54) is 18.5 Å². The minimum atomic E-state index is 0.626. The summed E-state index contributed by atoms with van der Waals surface area (Å²) in [6.45, 7) is 2.01. The van der Waals surface area contributed by atoms with Gasteiger partial charge in [0.1, 0.15) is 15.5 Å². The van der Waals surface area contributed by atoms with Crippen LogP contribution >= 0.6 is 39.5 Å². The Hall–Kier alpha value is -0.590. The second-order valence-electron chi connectivity index (χ2n) is 4.55. The number of aryl methyl sites for hydroxylation is 1.